The third-order valence-electron chi connectivity index (χ3n) is 5.40. The summed E-state index contributed by atoms with van der Waals surface area (Å²) in [6.45, 7) is 3.27. The molecule has 0 aliphatic carbocycles. The van der Waals surface area contributed by atoms with Crippen molar-refractivity contribution in [3.8, 4) is 0 Å². The van der Waals surface area contributed by atoms with Crippen molar-refractivity contribution in [3.63, 3.8) is 0 Å². The highest BCUT2D eigenvalue weighted by atomic mass is 32.2. The molecule has 0 radical (unpaired) electrons. The largest absolute Gasteiger partial charge is 0.351 e. The van der Waals surface area contributed by atoms with Gasteiger partial charge in [-0.15, -0.1) is 10.2 Å². The van der Waals surface area contributed by atoms with Crippen LogP contribution in [0.2, 0.25) is 0 Å². The van der Waals surface area contributed by atoms with Crippen LogP contribution in [0.15, 0.2) is 90.1 Å². The van der Waals surface area contributed by atoms with Gasteiger partial charge in [0, 0.05) is 13.0 Å². The molecule has 4 aromatic rings. The minimum absolute atomic E-state index is 0.0133. The first kappa shape index (κ1) is 22.8. The van der Waals surface area contributed by atoms with Crippen LogP contribution in [-0.2, 0) is 30.7 Å². The Hall–Kier alpha value is -3.38. The Morgan fingerprint density at radius 1 is 0.818 bits per heavy atom. The number of benzene rings is 3. The molecule has 1 amide bonds. The Balaban J connectivity index is 1.40. The molecule has 0 bridgehead atoms. The van der Waals surface area contributed by atoms with Crippen molar-refractivity contribution in [3.05, 3.63) is 113 Å². The molecule has 0 saturated heterocycles. The molecule has 3 aromatic carbocycles. The van der Waals surface area contributed by atoms with Crippen molar-refractivity contribution in [1.82, 2.24) is 20.1 Å². The molecule has 0 aliphatic heterocycles. The summed E-state index contributed by atoms with van der Waals surface area (Å²) in [7, 11) is 0. The van der Waals surface area contributed by atoms with Crippen molar-refractivity contribution in [2.45, 2.75) is 38.0 Å². The molecule has 0 saturated carbocycles. The topological polar surface area (TPSA) is 59.8 Å². The van der Waals surface area contributed by atoms with E-state index in [-0.39, 0.29) is 5.91 Å². The van der Waals surface area contributed by atoms with Crippen LogP contribution in [-0.4, -0.2) is 26.4 Å². The molecule has 4 rings (SSSR count). The van der Waals surface area contributed by atoms with Gasteiger partial charge in [0.05, 0.1) is 12.3 Å². The van der Waals surface area contributed by atoms with Gasteiger partial charge in [0.1, 0.15) is 5.82 Å². The number of aromatic nitrogens is 3. The van der Waals surface area contributed by atoms with Crippen molar-refractivity contribution >= 4 is 17.7 Å². The lowest BCUT2D eigenvalue weighted by molar-refractivity contribution is -0.118. The average molecular weight is 457 g/mol. The molecule has 0 atom stereocenters. The predicted octanol–water partition coefficient (Wildman–Crippen LogP) is 4.83. The Morgan fingerprint density at radius 3 is 2.18 bits per heavy atom. The van der Waals surface area contributed by atoms with E-state index in [1.165, 1.54) is 28.5 Å². The number of carbonyl (C=O) groups excluding carboxylic acids is 1. The van der Waals surface area contributed by atoms with E-state index in [4.69, 9.17) is 0 Å². The molecule has 0 fully saturated rings. The van der Waals surface area contributed by atoms with E-state index < -0.39 is 0 Å². The monoisotopic (exact) mass is 456 g/mol. The third-order valence-corrected chi connectivity index (χ3v) is 6.37. The van der Waals surface area contributed by atoms with Gasteiger partial charge in [0.2, 0.25) is 5.91 Å². The molecular weight excluding hydrogens is 428 g/mol. The van der Waals surface area contributed by atoms with Crippen molar-refractivity contribution in [2.24, 2.45) is 0 Å². The van der Waals surface area contributed by atoms with Crippen molar-refractivity contribution < 1.29 is 4.79 Å². The Bertz CT molecular complexity index is 1160. The minimum Gasteiger partial charge on any atom is -0.351 e. The lowest BCUT2D eigenvalue weighted by Gasteiger charge is -2.11. The molecule has 6 heteroatoms. The first-order valence-corrected chi connectivity index (χ1v) is 12.1. The summed E-state index contributed by atoms with van der Waals surface area (Å²) in [5.41, 5.74) is 4.76. The Kier molecular flexibility index (Phi) is 7.93. The molecule has 5 nitrogen and oxygen atoms in total. The van der Waals surface area contributed by atoms with E-state index in [1.807, 2.05) is 36.4 Å². The van der Waals surface area contributed by atoms with E-state index in [0.29, 0.717) is 18.8 Å². The van der Waals surface area contributed by atoms with Crippen molar-refractivity contribution in [2.75, 3.05) is 5.75 Å². The molecule has 168 valence electrons. The average Bonchev–Trinajstić information content (AvgIpc) is 3.23. The fourth-order valence-electron chi connectivity index (χ4n) is 3.52. The van der Waals surface area contributed by atoms with Gasteiger partial charge in [-0.2, -0.15) is 0 Å². The van der Waals surface area contributed by atoms with Crippen LogP contribution in [0.25, 0.3) is 0 Å². The standard InChI is InChI=1S/C27H28N4OS/c1-21-12-14-23(15-13-21)18-28-26(32)20-33-27-30-29-25(17-16-22-8-4-2-5-9-22)31(27)19-24-10-6-3-7-11-24/h2-15H,16-20H2,1H3,(H,28,32). The highest BCUT2D eigenvalue weighted by Gasteiger charge is 2.15. The minimum atomic E-state index is -0.0133. The van der Waals surface area contributed by atoms with Gasteiger partial charge in [-0.3, -0.25) is 4.79 Å². The molecule has 0 aliphatic rings. The lowest BCUT2D eigenvalue weighted by atomic mass is 10.1. The van der Waals surface area contributed by atoms with Crippen LogP contribution in [0.3, 0.4) is 0 Å². The molecule has 0 unspecified atom stereocenters. The molecule has 0 spiro atoms. The summed E-state index contributed by atoms with van der Waals surface area (Å²) in [6, 6.07) is 28.9. The van der Waals surface area contributed by atoms with E-state index >= 15 is 0 Å². The zero-order valence-electron chi connectivity index (χ0n) is 18.8. The number of rotatable bonds is 10. The fourth-order valence-corrected chi connectivity index (χ4v) is 4.31. The van der Waals surface area contributed by atoms with Crippen molar-refractivity contribution in [1.29, 1.82) is 0 Å². The van der Waals surface area contributed by atoms with Crippen LogP contribution >= 0.6 is 11.8 Å². The quantitative estimate of drug-likeness (QED) is 0.347. The van der Waals surface area contributed by atoms with Gasteiger partial charge < -0.3 is 9.88 Å². The van der Waals surface area contributed by atoms with Crippen LogP contribution in [0, 0.1) is 6.92 Å². The second kappa shape index (κ2) is 11.5. The second-order valence-corrected chi connectivity index (χ2v) is 8.95. The number of nitrogens with zero attached hydrogens (tertiary/aromatic N) is 3. The number of nitrogens with one attached hydrogen (secondary N) is 1. The predicted molar refractivity (Wildman–Crippen MR) is 133 cm³/mol. The summed E-state index contributed by atoms with van der Waals surface area (Å²) in [5, 5.41) is 12.7. The zero-order chi connectivity index (χ0) is 22.9. The van der Waals surface area contributed by atoms with E-state index in [2.05, 4.69) is 75.5 Å². The number of hydrogen-bond donors (Lipinski definition) is 1. The van der Waals surface area contributed by atoms with Gasteiger partial charge in [-0.25, -0.2) is 0 Å². The first-order chi connectivity index (χ1) is 16.2. The summed E-state index contributed by atoms with van der Waals surface area (Å²) in [5.74, 6) is 1.23. The molecule has 1 heterocycles. The normalized spacial score (nSPS) is 10.8. The van der Waals surface area contributed by atoms with E-state index in [1.54, 1.807) is 0 Å². The number of thioether (sulfide) groups is 1. The third kappa shape index (κ3) is 6.80. The number of carbonyl (C=O) groups is 1. The molecule has 1 aromatic heterocycles. The number of amides is 1. The van der Waals surface area contributed by atoms with Gasteiger partial charge in [-0.1, -0.05) is 102 Å². The van der Waals surface area contributed by atoms with Gasteiger partial charge in [0.15, 0.2) is 5.16 Å². The van der Waals surface area contributed by atoms with Crippen LogP contribution < -0.4 is 5.32 Å². The first-order valence-electron chi connectivity index (χ1n) is 11.1. The summed E-state index contributed by atoms with van der Waals surface area (Å²) >= 11 is 1.43. The maximum absolute atomic E-state index is 12.5. The lowest BCUT2D eigenvalue weighted by Crippen LogP contribution is -2.24. The van der Waals surface area contributed by atoms with E-state index in [9.17, 15) is 4.79 Å². The summed E-state index contributed by atoms with van der Waals surface area (Å²) < 4.78 is 2.14. The van der Waals surface area contributed by atoms with Gasteiger partial charge in [-0.05, 0) is 30.0 Å². The van der Waals surface area contributed by atoms with Crippen LogP contribution in [0.4, 0.5) is 0 Å². The van der Waals surface area contributed by atoms with E-state index in [0.717, 1.165) is 29.4 Å². The van der Waals surface area contributed by atoms with Crippen LogP contribution in [0.5, 0.6) is 0 Å². The maximum atomic E-state index is 12.5. The fraction of sp³-hybridized carbons (Fsp3) is 0.222. The maximum Gasteiger partial charge on any atom is 0.230 e. The molecule has 1 N–H and O–H groups in total. The SMILES string of the molecule is Cc1ccc(CNC(=O)CSc2nnc(CCc3ccccc3)n2Cc2ccccc2)cc1. The van der Waals surface area contributed by atoms with Gasteiger partial charge >= 0.3 is 0 Å². The summed E-state index contributed by atoms with van der Waals surface area (Å²) in [6.07, 6.45) is 1.69. The number of hydrogen-bond acceptors (Lipinski definition) is 4. The highest BCUT2D eigenvalue weighted by Crippen LogP contribution is 2.20. The molecular formula is C27H28N4OS. The Morgan fingerprint density at radius 2 is 1.48 bits per heavy atom. The second-order valence-electron chi connectivity index (χ2n) is 8.01. The zero-order valence-corrected chi connectivity index (χ0v) is 19.6. The summed E-state index contributed by atoms with van der Waals surface area (Å²) in [4.78, 5) is 12.5. The van der Waals surface area contributed by atoms with Gasteiger partial charge in [0.25, 0.3) is 0 Å². The smallest absolute Gasteiger partial charge is 0.230 e. The number of aryl methyl sites for hydroxylation is 3. The highest BCUT2D eigenvalue weighted by molar-refractivity contribution is 7.99. The van der Waals surface area contributed by atoms with Crippen LogP contribution in [0.1, 0.15) is 28.1 Å². The molecule has 33 heavy (non-hydrogen) atoms. The Labute approximate surface area is 199 Å².